The van der Waals surface area contributed by atoms with Crippen LogP contribution in [0.5, 0.6) is 0 Å². The number of hydrogen-bond donors (Lipinski definition) is 1. The summed E-state index contributed by atoms with van der Waals surface area (Å²) in [6.07, 6.45) is 3.75. The molecule has 96 valence electrons. The van der Waals surface area contributed by atoms with Crippen molar-refractivity contribution in [2.45, 2.75) is 32.7 Å². The molecule has 2 N–H and O–H groups in total. The van der Waals surface area contributed by atoms with Crippen LogP contribution in [0, 0.1) is 13.8 Å². The zero-order valence-corrected chi connectivity index (χ0v) is 11.4. The molecule has 0 bridgehead atoms. The molecule has 0 aliphatic rings. The van der Waals surface area contributed by atoms with Crippen LogP contribution in [0.15, 0.2) is 30.5 Å². The van der Waals surface area contributed by atoms with E-state index in [1.807, 2.05) is 17.9 Å². The Kier molecular flexibility index (Phi) is 3.82. The first kappa shape index (κ1) is 12.8. The van der Waals surface area contributed by atoms with Crippen LogP contribution in [0.1, 0.15) is 34.8 Å². The molecule has 1 aromatic carbocycles. The van der Waals surface area contributed by atoms with Gasteiger partial charge in [-0.15, -0.1) is 0 Å². The van der Waals surface area contributed by atoms with Crippen molar-refractivity contribution < 1.29 is 0 Å². The molecule has 0 fully saturated rings. The Labute approximate surface area is 109 Å². The summed E-state index contributed by atoms with van der Waals surface area (Å²) in [7, 11) is 1.97. The van der Waals surface area contributed by atoms with Crippen molar-refractivity contribution in [3.63, 3.8) is 0 Å². The van der Waals surface area contributed by atoms with Crippen molar-refractivity contribution in [3.05, 3.63) is 52.8 Å². The molecule has 2 rings (SSSR count). The SMILES string of the molecule is Cc1cccc(C)c1C(N)CCc1ccnn1C. The largest absolute Gasteiger partial charge is 0.324 e. The lowest BCUT2D eigenvalue weighted by Gasteiger charge is -2.17. The number of nitrogens with zero attached hydrogens (tertiary/aromatic N) is 2. The molecule has 0 radical (unpaired) electrons. The molecule has 0 amide bonds. The number of nitrogens with two attached hydrogens (primary N) is 1. The van der Waals surface area contributed by atoms with Crippen LogP contribution in [0.4, 0.5) is 0 Å². The smallest absolute Gasteiger partial charge is 0.0492 e. The van der Waals surface area contributed by atoms with E-state index in [9.17, 15) is 0 Å². The zero-order valence-electron chi connectivity index (χ0n) is 11.4. The van der Waals surface area contributed by atoms with Crippen LogP contribution in [0.25, 0.3) is 0 Å². The third kappa shape index (κ3) is 2.62. The summed E-state index contributed by atoms with van der Waals surface area (Å²) in [6, 6.07) is 8.50. The number of hydrogen-bond acceptors (Lipinski definition) is 2. The maximum absolute atomic E-state index is 6.33. The molecule has 3 heteroatoms. The Hall–Kier alpha value is -1.61. The van der Waals surface area contributed by atoms with E-state index in [2.05, 4.69) is 43.2 Å². The Bertz CT molecular complexity index is 508. The van der Waals surface area contributed by atoms with Crippen molar-refractivity contribution >= 4 is 0 Å². The zero-order chi connectivity index (χ0) is 13.1. The molecule has 0 saturated carbocycles. The van der Waals surface area contributed by atoms with E-state index in [-0.39, 0.29) is 6.04 Å². The summed E-state index contributed by atoms with van der Waals surface area (Å²) < 4.78 is 1.91. The fourth-order valence-electron chi connectivity index (χ4n) is 2.51. The molecule has 3 nitrogen and oxygen atoms in total. The first-order valence-corrected chi connectivity index (χ1v) is 6.38. The highest BCUT2D eigenvalue weighted by molar-refractivity contribution is 5.36. The van der Waals surface area contributed by atoms with Gasteiger partial charge in [-0.3, -0.25) is 4.68 Å². The van der Waals surface area contributed by atoms with Gasteiger partial charge >= 0.3 is 0 Å². The molecule has 18 heavy (non-hydrogen) atoms. The normalized spacial score (nSPS) is 12.7. The quantitative estimate of drug-likeness (QED) is 0.897. The van der Waals surface area contributed by atoms with E-state index in [1.165, 1.54) is 22.4 Å². The van der Waals surface area contributed by atoms with Gasteiger partial charge < -0.3 is 5.73 Å². The minimum atomic E-state index is 0.0982. The van der Waals surface area contributed by atoms with Crippen molar-refractivity contribution in [3.8, 4) is 0 Å². The van der Waals surface area contributed by atoms with Crippen molar-refractivity contribution in [2.24, 2.45) is 12.8 Å². The third-order valence-corrected chi connectivity index (χ3v) is 3.55. The van der Waals surface area contributed by atoms with Gasteiger partial charge in [-0.2, -0.15) is 5.10 Å². The number of benzene rings is 1. The molecule has 1 aromatic heterocycles. The van der Waals surface area contributed by atoms with Crippen molar-refractivity contribution in [1.29, 1.82) is 0 Å². The molecule has 1 unspecified atom stereocenters. The second-order valence-electron chi connectivity index (χ2n) is 4.90. The molecule has 0 aliphatic carbocycles. The van der Waals surface area contributed by atoms with Crippen LogP contribution >= 0.6 is 0 Å². The van der Waals surface area contributed by atoms with Gasteiger partial charge in [-0.1, -0.05) is 18.2 Å². The highest BCUT2D eigenvalue weighted by Gasteiger charge is 2.12. The van der Waals surface area contributed by atoms with E-state index in [0.29, 0.717) is 0 Å². The van der Waals surface area contributed by atoms with Crippen LogP contribution < -0.4 is 5.73 Å². The summed E-state index contributed by atoms with van der Waals surface area (Å²) >= 11 is 0. The molecular formula is C15H21N3. The molecule has 0 saturated heterocycles. The van der Waals surface area contributed by atoms with Gasteiger partial charge in [0.15, 0.2) is 0 Å². The predicted octanol–water partition coefficient (Wildman–Crippen LogP) is 2.67. The van der Waals surface area contributed by atoms with Crippen LogP contribution in [0.2, 0.25) is 0 Å². The van der Waals surface area contributed by atoms with E-state index in [1.54, 1.807) is 0 Å². The van der Waals surface area contributed by atoms with Gasteiger partial charge in [0.05, 0.1) is 0 Å². The summed E-state index contributed by atoms with van der Waals surface area (Å²) in [4.78, 5) is 0. The highest BCUT2D eigenvalue weighted by Crippen LogP contribution is 2.23. The molecule has 0 spiro atoms. The lowest BCUT2D eigenvalue weighted by Crippen LogP contribution is -2.15. The molecule has 1 heterocycles. The van der Waals surface area contributed by atoms with E-state index in [4.69, 9.17) is 5.73 Å². The van der Waals surface area contributed by atoms with Gasteiger partial charge in [0.1, 0.15) is 0 Å². The van der Waals surface area contributed by atoms with Crippen LogP contribution in [-0.4, -0.2) is 9.78 Å². The number of rotatable bonds is 4. The molecule has 1 atom stereocenters. The number of aromatic nitrogens is 2. The minimum Gasteiger partial charge on any atom is -0.324 e. The predicted molar refractivity (Wildman–Crippen MR) is 74.4 cm³/mol. The molecular weight excluding hydrogens is 222 g/mol. The van der Waals surface area contributed by atoms with Crippen molar-refractivity contribution in [2.75, 3.05) is 0 Å². The van der Waals surface area contributed by atoms with Crippen LogP contribution in [0.3, 0.4) is 0 Å². The second-order valence-corrected chi connectivity index (χ2v) is 4.90. The Morgan fingerprint density at radius 1 is 1.22 bits per heavy atom. The maximum atomic E-state index is 6.33. The standard InChI is InChI=1S/C15H21N3/c1-11-5-4-6-12(2)15(11)14(16)8-7-13-9-10-17-18(13)3/h4-6,9-10,14H,7-8,16H2,1-3H3. The van der Waals surface area contributed by atoms with E-state index < -0.39 is 0 Å². The van der Waals surface area contributed by atoms with Crippen molar-refractivity contribution in [1.82, 2.24) is 9.78 Å². The van der Waals surface area contributed by atoms with Crippen LogP contribution in [-0.2, 0) is 13.5 Å². The second kappa shape index (κ2) is 5.36. The Morgan fingerprint density at radius 2 is 1.89 bits per heavy atom. The third-order valence-electron chi connectivity index (χ3n) is 3.55. The van der Waals surface area contributed by atoms with Gasteiger partial charge in [0.25, 0.3) is 0 Å². The summed E-state index contributed by atoms with van der Waals surface area (Å²) in [5.41, 5.74) is 11.4. The summed E-state index contributed by atoms with van der Waals surface area (Å²) in [6.45, 7) is 4.26. The number of aryl methyl sites for hydroxylation is 4. The first-order valence-electron chi connectivity index (χ1n) is 6.38. The monoisotopic (exact) mass is 243 g/mol. The van der Waals surface area contributed by atoms with Gasteiger partial charge in [0.2, 0.25) is 0 Å². The molecule has 0 aliphatic heterocycles. The summed E-state index contributed by atoms with van der Waals surface area (Å²) in [5, 5.41) is 4.18. The maximum Gasteiger partial charge on any atom is 0.0492 e. The Balaban J connectivity index is 2.08. The van der Waals surface area contributed by atoms with Gasteiger partial charge in [-0.25, -0.2) is 0 Å². The average Bonchev–Trinajstić information content (AvgIpc) is 2.72. The highest BCUT2D eigenvalue weighted by atomic mass is 15.2. The lowest BCUT2D eigenvalue weighted by molar-refractivity contribution is 0.609. The minimum absolute atomic E-state index is 0.0982. The van der Waals surface area contributed by atoms with E-state index in [0.717, 1.165) is 12.8 Å². The van der Waals surface area contributed by atoms with Gasteiger partial charge in [-0.05, 0) is 49.4 Å². The average molecular weight is 243 g/mol. The first-order chi connectivity index (χ1) is 8.59. The Morgan fingerprint density at radius 3 is 2.44 bits per heavy atom. The lowest BCUT2D eigenvalue weighted by atomic mass is 9.93. The van der Waals surface area contributed by atoms with Gasteiger partial charge in [0, 0.05) is 25.0 Å². The summed E-state index contributed by atoms with van der Waals surface area (Å²) in [5.74, 6) is 0. The fraction of sp³-hybridized carbons (Fsp3) is 0.400. The van der Waals surface area contributed by atoms with E-state index >= 15 is 0 Å². The fourth-order valence-corrected chi connectivity index (χ4v) is 2.51. The topological polar surface area (TPSA) is 43.8 Å². The molecule has 2 aromatic rings.